The Morgan fingerprint density at radius 2 is 2.05 bits per heavy atom. The number of nitrogens with two attached hydrogens (primary N) is 1. The van der Waals surface area contributed by atoms with E-state index >= 15 is 0 Å². The molecule has 0 saturated carbocycles. The highest BCUT2D eigenvalue weighted by Crippen LogP contribution is 2.23. The summed E-state index contributed by atoms with van der Waals surface area (Å²) in [7, 11) is 0. The van der Waals surface area contributed by atoms with Gasteiger partial charge in [-0.3, -0.25) is 15.0 Å². The van der Waals surface area contributed by atoms with Crippen LogP contribution < -0.4 is 16.7 Å². The van der Waals surface area contributed by atoms with E-state index in [1.165, 1.54) is 12.3 Å². The molecule has 0 fully saturated rings. The van der Waals surface area contributed by atoms with Crippen LogP contribution in [0.15, 0.2) is 35.3 Å². The number of pyridine rings is 1. The Kier molecular flexibility index (Phi) is 3.92. The first-order valence-corrected chi connectivity index (χ1v) is 6.33. The van der Waals surface area contributed by atoms with Gasteiger partial charge in [-0.25, -0.2) is 5.84 Å². The summed E-state index contributed by atoms with van der Waals surface area (Å²) in [5.41, 5.74) is 3.95. The van der Waals surface area contributed by atoms with E-state index in [-0.39, 0.29) is 11.0 Å². The lowest BCUT2D eigenvalue weighted by molar-refractivity contribution is 0.0952. The van der Waals surface area contributed by atoms with Gasteiger partial charge in [0.25, 0.3) is 5.91 Å². The molecule has 2 aromatic rings. The zero-order chi connectivity index (χ0) is 14.9. The SMILES string of the molecule is Cc1c(Cl)cccc1-n1cc(C(=O)NN)c(=O)cc1C. The van der Waals surface area contributed by atoms with Gasteiger partial charge >= 0.3 is 0 Å². The molecule has 0 aliphatic heterocycles. The fourth-order valence-electron chi connectivity index (χ4n) is 2.00. The molecule has 0 bridgehead atoms. The number of aromatic nitrogens is 1. The number of benzene rings is 1. The highest BCUT2D eigenvalue weighted by atomic mass is 35.5. The maximum Gasteiger partial charge on any atom is 0.270 e. The van der Waals surface area contributed by atoms with Crippen LogP contribution in [0.2, 0.25) is 5.02 Å². The van der Waals surface area contributed by atoms with Crippen molar-refractivity contribution in [3.8, 4) is 5.69 Å². The molecule has 6 heteroatoms. The van der Waals surface area contributed by atoms with Gasteiger partial charge < -0.3 is 4.57 Å². The molecule has 0 spiro atoms. The van der Waals surface area contributed by atoms with Crippen molar-refractivity contribution in [2.24, 2.45) is 5.84 Å². The first-order valence-electron chi connectivity index (χ1n) is 5.95. The molecule has 1 heterocycles. The Morgan fingerprint density at radius 3 is 2.70 bits per heavy atom. The standard InChI is InChI=1S/C14H14ClN3O2/c1-8-6-13(19)10(14(20)17-16)7-18(8)12-5-3-4-11(15)9(12)2/h3-7H,16H2,1-2H3,(H,17,20). The largest absolute Gasteiger partial charge is 0.320 e. The Bertz CT molecular complexity index is 738. The van der Waals surface area contributed by atoms with E-state index < -0.39 is 5.91 Å². The monoisotopic (exact) mass is 291 g/mol. The average Bonchev–Trinajstić information content (AvgIpc) is 2.42. The van der Waals surface area contributed by atoms with Crippen molar-refractivity contribution < 1.29 is 4.79 Å². The second-order valence-corrected chi connectivity index (χ2v) is 4.83. The number of nitrogens with zero attached hydrogens (tertiary/aromatic N) is 1. The summed E-state index contributed by atoms with van der Waals surface area (Å²) in [6.45, 7) is 3.66. The molecule has 104 valence electrons. The first-order chi connectivity index (χ1) is 9.45. The molecule has 1 aromatic heterocycles. The van der Waals surface area contributed by atoms with Crippen LogP contribution in [0.3, 0.4) is 0 Å². The number of halogens is 1. The summed E-state index contributed by atoms with van der Waals surface area (Å²) in [4.78, 5) is 23.4. The zero-order valence-electron chi connectivity index (χ0n) is 11.1. The van der Waals surface area contributed by atoms with Gasteiger partial charge in [-0.05, 0) is 31.5 Å². The molecule has 1 amide bonds. The molecule has 20 heavy (non-hydrogen) atoms. The van der Waals surface area contributed by atoms with Crippen LogP contribution in [0.25, 0.3) is 5.69 Å². The van der Waals surface area contributed by atoms with E-state index in [1.807, 2.05) is 24.5 Å². The van der Waals surface area contributed by atoms with E-state index in [0.717, 1.165) is 11.3 Å². The second-order valence-electron chi connectivity index (χ2n) is 4.42. The van der Waals surface area contributed by atoms with E-state index in [9.17, 15) is 9.59 Å². The van der Waals surface area contributed by atoms with Gasteiger partial charge in [-0.15, -0.1) is 0 Å². The molecular weight excluding hydrogens is 278 g/mol. The minimum atomic E-state index is -0.622. The van der Waals surface area contributed by atoms with Crippen molar-refractivity contribution in [3.05, 3.63) is 62.5 Å². The number of nitrogen functional groups attached to an aromatic ring is 1. The molecule has 1 aromatic carbocycles. The molecule has 5 nitrogen and oxygen atoms in total. The molecular formula is C14H14ClN3O2. The average molecular weight is 292 g/mol. The van der Waals surface area contributed by atoms with Crippen LogP contribution in [0, 0.1) is 13.8 Å². The van der Waals surface area contributed by atoms with Gasteiger partial charge in [0.05, 0.1) is 0 Å². The lowest BCUT2D eigenvalue weighted by Crippen LogP contribution is -2.34. The Balaban J connectivity index is 2.71. The highest BCUT2D eigenvalue weighted by molar-refractivity contribution is 6.31. The number of carbonyl (C=O) groups excluding carboxylic acids is 1. The smallest absolute Gasteiger partial charge is 0.270 e. The first kappa shape index (κ1) is 14.3. The van der Waals surface area contributed by atoms with E-state index in [2.05, 4.69) is 0 Å². The summed E-state index contributed by atoms with van der Waals surface area (Å²) >= 11 is 6.10. The molecule has 0 atom stereocenters. The summed E-state index contributed by atoms with van der Waals surface area (Å²) < 4.78 is 1.74. The van der Waals surface area contributed by atoms with E-state index in [4.69, 9.17) is 17.4 Å². The van der Waals surface area contributed by atoms with Gasteiger partial charge in [-0.1, -0.05) is 17.7 Å². The van der Waals surface area contributed by atoms with Gasteiger partial charge in [0.1, 0.15) is 5.56 Å². The summed E-state index contributed by atoms with van der Waals surface area (Å²) in [5, 5.41) is 0.616. The normalized spacial score (nSPS) is 10.4. The maximum atomic E-state index is 11.8. The molecule has 0 aliphatic carbocycles. The zero-order valence-corrected chi connectivity index (χ0v) is 11.9. The van der Waals surface area contributed by atoms with Crippen molar-refractivity contribution in [1.29, 1.82) is 0 Å². The number of nitrogens with one attached hydrogen (secondary N) is 1. The number of hydrazine groups is 1. The molecule has 0 aliphatic rings. The van der Waals surface area contributed by atoms with Gasteiger partial charge in [0.15, 0.2) is 5.43 Å². The molecule has 0 saturated heterocycles. The number of carbonyl (C=O) groups is 1. The topological polar surface area (TPSA) is 77.1 Å². The lowest BCUT2D eigenvalue weighted by Gasteiger charge is -2.15. The molecule has 2 rings (SSSR count). The fourth-order valence-corrected chi connectivity index (χ4v) is 2.17. The highest BCUT2D eigenvalue weighted by Gasteiger charge is 2.13. The minimum absolute atomic E-state index is 0.0162. The molecule has 3 N–H and O–H groups in total. The summed E-state index contributed by atoms with van der Waals surface area (Å²) in [6, 6.07) is 6.85. The number of amides is 1. The van der Waals surface area contributed by atoms with Gasteiger partial charge in [0, 0.05) is 28.7 Å². The van der Waals surface area contributed by atoms with Crippen molar-refractivity contribution in [2.75, 3.05) is 0 Å². The number of hydrogen-bond acceptors (Lipinski definition) is 3. The van der Waals surface area contributed by atoms with Crippen molar-refractivity contribution in [1.82, 2.24) is 9.99 Å². The van der Waals surface area contributed by atoms with Crippen LogP contribution >= 0.6 is 11.6 Å². The van der Waals surface area contributed by atoms with Crippen molar-refractivity contribution >= 4 is 17.5 Å². The van der Waals surface area contributed by atoms with Crippen LogP contribution in [0.4, 0.5) is 0 Å². The van der Waals surface area contributed by atoms with Crippen LogP contribution in [-0.4, -0.2) is 10.5 Å². The van der Waals surface area contributed by atoms with E-state index in [1.54, 1.807) is 17.6 Å². The summed E-state index contributed by atoms with van der Waals surface area (Å²) in [6.07, 6.45) is 1.47. The third kappa shape index (κ3) is 2.45. The number of hydrogen-bond donors (Lipinski definition) is 2. The number of aryl methyl sites for hydroxylation is 1. The maximum absolute atomic E-state index is 11.8. The van der Waals surface area contributed by atoms with Crippen LogP contribution in [-0.2, 0) is 0 Å². The summed E-state index contributed by atoms with van der Waals surface area (Å²) in [5.74, 6) is 4.46. The number of rotatable bonds is 2. The van der Waals surface area contributed by atoms with E-state index in [0.29, 0.717) is 10.7 Å². The van der Waals surface area contributed by atoms with Crippen molar-refractivity contribution in [3.63, 3.8) is 0 Å². The third-order valence-electron chi connectivity index (χ3n) is 3.12. The Hall–Kier alpha value is -2.11. The van der Waals surface area contributed by atoms with Gasteiger partial charge in [-0.2, -0.15) is 0 Å². The Morgan fingerprint density at radius 1 is 1.35 bits per heavy atom. The van der Waals surface area contributed by atoms with Crippen LogP contribution in [0.1, 0.15) is 21.6 Å². The second kappa shape index (κ2) is 5.48. The lowest BCUT2D eigenvalue weighted by atomic mass is 10.1. The van der Waals surface area contributed by atoms with Gasteiger partial charge in [0.2, 0.25) is 0 Å². The minimum Gasteiger partial charge on any atom is -0.320 e. The predicted octanol–water partition coefficient (Wildman–Crippen LogP) is 1.71. The predicted molar refractivity (Wildman–Crippen MR) is 78.2 cm³/mol. The quantitative estimate of drug-likeness (QED) is 0.502. The van der Waals surface area contributed by atoms with Crippen LogP contribution in [0.5, 0.6) is 0 Å². The molecule has 0 radical (unpaired) electrons. The van der Waals surface area contributed by atoms with Crippen molar-refractivity contribution in [2.45, 2.75) is 13.8 Å². The third-order valence-corrected chi connectivity index (χ3v) is 3.53. The Labute approximate surface area is 120 Å². The fraction of sp³-hybridized carbons (Fsp3) is 0.143. The molecule has 0 unspecified atom stereocenters.